The van der Waals surface area contributed by atoms with Crippen molar-refractivity contribution < 1.29 is 4.79 Å². The van der Waals surface area contributed by atoms with Crippen LogP contribution in [0, 0.1) is 5.92 Å². The van der Waals surface area contributed by atoms with Gasteiger partial charge in [0, 0.05) is 45.1 Å². The summed E-state index contributed by atoms with van der Waals surface area (Å²) in [6, 6.07) is 14.5. The van der Waals surface area contributed by atoms with Crippen molar-refractivity contribution in [1.82, 2.24) is 25.1 Å². The summed E-state index contributed by atoms with van der Waals surface area (Å²) in [6.07, 6.45) is 11.5. The van der Waals surface area contributed by atoms with Crippen LogP contribution in [0.1, 0.15) is 25.7 Å². The number of nitrogens with one attached hydrogen (secondary N) is 3. The zero-order chi connectivity index (χ0) is 24.8. The molecule has 37 heavy (non-hydrogen) atoms. The van der Waals surface area contributed by atoms with E-state index in [1.807, 2.05) is 36.8 Å². The second-order valence-corrected chi connectivity index (χ2v) is 10.5. The van der Waals surface area contributed by atoms with Gasteiger partial charge in [-0.1, -0.05) is 25.0 Å². The Morgan fingerprint density at radius 2 is 1.81 bits per heavy atom. The molecule has 182 valence electrons. The topological polar surface area (TPSA) is 99.3 Å². The maximum atomic E-state index is 12.6. The molecule has 0 aliphatic heterocycles. The quantitative estimate of drug-likeness (QED) is 0.235. The number of pyridine rings is 2. The van der Waals surface area contributed by atoms with Gasteiger partial charge in [-0.25, -0.2) is 0 Å². The summed E-state index contributed by atoms with van der Waals surface area (Å²) in [5.41, 5.74) is 7.50. The van der Waals surface area contributed by atoms with E-state index in [0.29, 0.717) is 0 Å². The van der Waals surface area contributed by atoms with E-state index in [1.54, 1.807) is 17.5 Å². The van der Waals surface area contributed by atoms with E-state index < -0.39 is 0 Å². The van der Waals surface area contributed by atoms with Crippen LogP contribution in [0.4, 0.5) is 5.69 Å². The lowest BCUT2D eigenvalue weighted by Gasteiger charge is -2.11. The molecule has 1 aliphatic rings. The summed E-state index contributed by atoms with van der Waals surface area (Å²) in [7, 11) is 0. The van der Waals surface area contributed by atoms with Gasteiger partial charge in [0.15, 0.2) is 0 Å². The molecule has 0 unspecified atom stereocenters. The number of hydrogen-bond acceptors (Lipinski definition) is 5. The number of anilines is 1. The first-order valence-corrected chi connectivity index (χ1v) is 13.4. The van der Waals surface area contributed by atoms with Gasteiger partial charge in [-0.3, -0.25) is 19.9 Å². The van der Waals surface area contributed by atoms with Crippen LogP contribution in [0.25, 0.3) is 54.8 Å². The highest BCUT2D eigenvalue weighted by atomic mass is 32.1. The van der Waals surface area contributed by atoms with Crippen molar-refractivity contribution in [1.29, 1.82) is 0 Å². The minimum Gasteiger partial charge on any atom is -0.352 e. The molecule has 6 aromatic rings. The highest BCUT2D eigenvalue weighted by Gasteiger charge is 2.23. The van der Waals surface area contributed by atoms with Crippen molar-refractivity contribution in [3.8, 4) is 33.0 Å². The molecule has 0 bridgehead atoms. The number of rotatable bonds is 5. The Morgan fingerprint density at radius 1 is 0.919 bits per heavy atom. The van der Waals surface area contributed by atoms with Crippen molar-refractivity contribution in [2.75, 3.05) is 5.32 Å². The molecule has 1 fully saturated rings. The number of carbonyl (C=O) groups excluding carboxylic acids is 1. The first kappa shape index (κ1) is 21.9. The summed E-state index contributed by atoms with van der Waals surface area (Å²) in [5.74, 6) is 0.208. The molecule has 0 spiro atoms. The Hall–Kier alpha value is -4.30. The van der Waals surface area contributed by atoms with E-state index in [1.165, 1.54) is 4.88 Å². The van der Waals surface area contributed by atoms with Crippen LogP contribution >= 0.6 is 11.3 Å². The number of nitrogens with zero attached hydrogens (tertiary/aromatic N) is 3. The summed E-state index contributed by atoms with van der Waals surface area (Å²) >= 11 is 1.70. The molecule has 1 aromatic carbocycles. The highest BCUT2D eigenvalue weighted by Crippen LogP contribution is 2.36. The fourth-order valence-corrected chi connectivity index (χ4v) is 6.05. The van der Waals surface area contributed by atoms with E-state index in [-0.39, 0.29) is 11.8 Å². The van der Waals surface area contributed by atoms with Gasteiger partial charge in [-0.05, 0) is 54.1 Å². The fourth-order valence-electron chi connectivity index (χ4n) is 5.30. The average molecular weight is 505 g/mol. The third kappa shape index (κ3) is 3.99. The molecule has 1 amide bonds. The smallest absolute Gasteiger partial charge is 0.227 e. The van der Waals surface area contributed by atoms with Crippen LogP contribution in [0.15, 0.2) is 72.6 Å². The van der Waals surface area contributed by atoms with Gasteiger partial charge in [0.05, 0.1) is 34.8 Å². The van der Waals surface area contributed by atoms with Gasteiger partial charge in [0.25, 0.3) is 0 Å². The number of benzene rings is 1. The minimum absolute atomic E-state index is 0.0965. The zero-order valence-corrected chi connectivity index (χ0v) is 20.8. The maximum absolute atomic E-state index is 12.6. The molecule has 0 radical (unpaired) electrons. The summed E-state index contributed by atoms with van der Waals surface area (Å²) in [5, 5.41) is 15.1. The van der Waals surface area contributed by atoms with Crippen LogP contribution in [-0.2, 0) is 4.79 Å². The summed E-state index contributed by atoms with van der Waals surface area (Å²) in [6.45, 7) is 0. The third-order valence-corrected chi connectivity index (χ3v) is 8.12. The van der Waals surface area contributed by atoms with Crippen LogP contribution in [0.3, 0.4) is 0 Å². The Bertz CT molecular complexity index is 1740. The molecular formula is C29H24N6OS. The van der Waals surface area contributed by atoms with Crippen molar-refractivity contribution in [2.45, 2.75) is 25.7 Å². The van der Waals surface area contributed by atoms with E-state index >= 15 is 0 Å². The monoisotopic (exact) mass is 504 g/mol. The molecular weight excluding hydrogens is 480 g/mol. The predicted molar refractivity (Wildman–Crippen MR) is 148 cm³/mol. The van der Waals surface area contributed by atoms with Crippen molar-refractivity contribution in [3.63, 3.8) is 0 Å². The predicted octanol–water partition coefficient (Wildman–Crippen LogP) is 7.03. The standard InChI is InChI=1S/C29H24N6OS/c36-29(17-4-1-2-5-17)32-20-10-19(13-30-14-20)18-7-8-24-22(11-18)28(35-34-24)25-12-21-23(27-6-3-9-37-27)15-31-16-26(21)33-25/h3,6-17,33H,1-2,4-5H2,(H,32,36)(H,34,35). The Morgan fingerprint density at radius 3 is 2.68 bits per heavy atom. The lowest BCUT2D eigenvalue weighted by Crippen LogP contribution is -2.20. The van der Waals surface area contributed by atoms with Gasteiger partial charge >= 0.3 is 0 Å². The molecule has 7 rings (SSSR count). The summed E-state index contributed by atoms with van der Waals surface area (Å²) < 4.78 is 0. The van der Waals surface area contributed by atoms with Crippen molar-refractivity contribution in [2.24, 2.45) is 5.92 Å². The van der Waals surface area contributed by atoms with Crippen molar-refractivity contribution in [3.05, 3.63) is 72.6 Å². The van der Waals surface area contributed by atoms with Gasteiger partial charge in [0.1, 0.15) is 5.69 Å². The van der Waals surface area contributed by atoms with Crippen LogP contribution in [0.2, 0.25) is 0 Å². The van der Waals surface area contributed by atoms with Gasteiger partial charge in [-0.15, -0.1) is 11.3 Å². The van der Waals surface area contributed by atoms with E-state index in [9.17, 15) is 4.79 Å². The van der Waals surface area contributed by atoms with E-state index in [4.69, 9.17) is 0 Å². The summed E-state index contributed by atoms with van der Waals surface area (Å²) in [4.78, 5) is 26.2. The molecule has 3 N–H and O–H groups in total. The number of H-pyrrole nitrogens is 2. The third-order valence-electron chi connectivity index (χ3n) is 7.22. The first-order valence-electron chi connectivity index (χ1n) is 12.5. The molecule has 1 saturated carbocycles. The van der Waals surface area contributed by atoms with Gasteiger partial charge in [0.2, 0.25) is 5.91 Å². The normalized spacial score (nSPS) is 14.1. The number of thiophene rings is 1. The van der Waals surface area contributed by atoms with Gasteiger partial charge < -0.3 is 10.3 Å². The number of amides is 1. The molecule has 1 aliphatic carbocycles. The Balaban J connectivity index is 1.25. The first-order chi connectivity index (χ1) is 18.2. The number of hydrogen-bond donors (Lipinski definition) is 3. The molecule has 7 nitrogen and oxygen atoms in total. The number of fused-ring (bicyclic) bond motifs is 2. The molecule has 0 saturated heterocycles. The lowest BCUT2D eigenvalue weighted by molar-refractivity contribution is -0.119. The molecule has 8 heteroatoms. The Kier molecular flexibility index (Phi) is 5.32. The van der Waals surface area contributed by atoms with Crippen LogP contribution in [0.5, 0.6) is 0 Å². The zero-order valence-electron chi connectivity index (χ0n) is 20.0. The molecule has 5 aromatic heterocycles. The number of aromatic amines is 2. The van der Waals surface area contributed by atoms with Crippen LogP contribution in [-0.4, -0.2) is 31.1 Å². The largest absolute Gasteiger partial charge is 0.352 e. The second-order valence-electron chi connectivity index (χ2n) is 9.57. The number of carbonyl (C=O) groups is 1. The van der Waals surface area contributed by atoms with E-state index in [0.717, 1.165) is 81.3 Å². The van der Waals surface area contributed by atoms with E-state index in [2.05, 4.69) is 60.1 Å². The molecule has 0 atom stereocenters. The SMILES string of the molecule is O=C(Nc1cncc(-c2ccc3[nH]nc(-c4cc5c(-c6cccs6)cncc5[nH]4)c3c2)c1)C1CCCC1. The highest BCUT2D eigenvalue weighted by molar-refractivity contribution is 7.13. The van der Waals surface area contributed by atoms with Crippen molar-refractivity contribution >= 4 is 44.7 Å². The Labute approximate surface area is 217 Å². The molecule has 5 heterocycles. The van der Waals surface area contributed by atoms with Crippen LogP contribution < -0.4 is 5.32 Å². The maximum Gasteiger partial charge on any atom is 0.227 e. The average Bonchev–Trinajstić information content (AvgIpc) is 3.74. The van der Waals surface area contributed by atoms with Gasteiger partial charge in [-0.2, -0.15) is 5.10 Å². The fraction of sp³-hybridized carbons (Fsp3) is 0.172. The number of aromatic nitrogens is 5. The lowest BCUT2D eigenvalue weighted by atomic mass is 10.0. The minimum atomic E-state index is 0.0965. The second kappa shape index (κ2) is 8.97.